The average molecular weight is 279 g/mol. The number of aryl methyl sites for hydroxylation is 1. The summed E-state index contributed by atoms with van der Waals surface area (Å²) in [6.45, 7) is 3.06. The number of nitrogen functional groups attached to an aromatic ring is 1. The highest BCUT2D eigenvalue weighted by atomic mass is 35.5. The fourth-order valence-electron chi connectivity index (χ4n) is 1.73. The topological polar surface area (TPSA) is 76.9 Å². The predicted molar refractivity (Wildman–Crippen MR) is 74.9 cm³/mol. The molecule has 2 aromatic rings. The van der Waals surface area contributed by atoms with Crippen LogP contribution >= 0.6 is 11.6 Å². The Hall–Kier alpha value is -2.01. The second-order valence-corrected chi connectivity index (χ2v) is 4.51. The smallest absolute Gasteiger partial charge is 0.131 e. The van der Waals surface area contributed by atoms with Crippen molar-refractivity contribution >= 4 is 17.4 Å². The number of hydrogen-bond acceptors (Lipinski definition) is 3. The molecule has 1 aromatic heterocycles. The van der Waals surface area contributed by atoms with E-state index in [4.69, 9.17) is 27.5 Å². The summed E-state index contributed by atoms with van der Waals surface area (Å²) in [5, 5.41) is 8.05. The number of halogens is 1. The molecule has 100 valence electrons. The highest BCUT2D eigenvalue weighted by Gasteiger charge is 2.07. The number of nitrogens with one attached hydrogen (secondary N) is 1. The molecule has 0 aliphatic carbocycles. The largest absolute Gasteiger partial charge is 0.491 e. The molecule has 5 nitrogen and oxygen atoms in total. The van der Waals surface area contributed by atoms with Crippen LogP contribution in [0.15, 0.2) is 30.6 Å². The van der Waals surface area contributed by atoms with Gasteiger partial charge in [-0.2, -0.15) is 0 Å². The van der Waals surface area contributed by atoms with Crippen LogP contribution in [0.1, 0.15) is 11.4 Å². The van der Waals surface area contributed by atoms with E-state index in [9.17, 15) is 0 Å². The first-order chi connectivity index (χ1) is 9.08. The Morgan fingerprint density at radius 1 is 1.53 bits per heavy atom. The van der Waals surface area contributed by atoms with E-state index in [1.165, 1.54) is 0 Å². The van der Waals surface area contributed by atoms with E-state index in [2.05, 4.69) is 4.98 Å². The first kappa shape index (κ1) is 13.4. The monoisotopic (exact) mass is 278 g/mol. The van der Waals surface area contributed by atoms with Gasteiger partial charge in [0, 0.05) is 17.4 Å². The number of imidazole rings is 1. The average Bonchev–Trinajstić information content (AvgIpc) is 2.75. The van der Waals surface area contributed by atoms with E-state index in [1.807, 2.05) is 17.7 Å². The van der Waals surface area contributed by atoms with Crippen LogP contribution in [0.2, 0.25) is 5.02 Å². The number of benzene rings is 1. The Kier molecular flexibility index (Phi) is 4.06. The lowest BCUT2D eigenvalue weighted by Gasteiger charge is -2.12. The molecule has 0 amide bonds. The summed E-state index contributed by atoms with van der Waals surface area (Å²) in [5.74, 6) is 1.42. The second kappa shape index (κ2) is 5.75. The lowest BCUT2D eigenvalue weighted by molar-refractivity contribution is 0.296. The van der Waals surface area contributed by atoms with Gasteiger partial charge in [0.15, 0.2) is 0 Å². The van der Waals surface area contributed by atoms with Gasteiger partial charge >= 0.3 is 0 Å². The molecule has 0 atom stereocenters. The van der Waals surface area contributed by atoms with Gasteiger partial charge in [-0.1, -0.05) is 11.6 Å². The molecule has 2 rings (SSSR count). The van der Waals surface area contributed by atoms with E-state index in [0.717, 1.165) is 5.82 Å². The number of amidine groups is 1. The molecular formula is C13H15ClN4O. The van der Waals surface area contributed by atoms with Crippen LogP contribution in [0, 0.1) is 12.3 Å². The Morgan fingerprint density at radius 3 is 2.95 bits per heavy atom. The Bertz CT molecular complexity index is 594. The summed E-state index contributed by atoms with van der Waals surface area (Å²) < 4.78 is 7.64. The fraction of sp³-hybridized carbons (Fsp3) is 0.231. The molecule has 1 aromatic carbocycles. The number of ether oxygens (including phenoxy) is 1. The lowest BCUT2D eigenvalue weighted by Crippen LogP contribution is -2.15. The van der Waals surface area contributed by atoms with Gasteiger partial charge in [-0.05, 0) is 25.1 Å². The van der Waals surface area contributed by atoms with Crippen LogP contribution in [-0.4, -0.2) is 22.0 Å². The second-order valence-electron chi connectivity index (χ2n) is 4.07. The quantitative estimate of drug-likeness (QED) is 0.650. The van der Waals surface area contributed by atoms with Crippen molar-refractivity contribution in [3.05, 3.63) is 47.0 Å². The van der Waals surface area contributed by atoms with Gasteiger partial charge in [-0.25, -0.2) is 4.98 Å². The maximum atomic E-state index is 7.50. The molecule has 0 unspecified atom stereocenters. The Morgan fingerprint density at radius 2 is 2.32 bits per heavy atom. The van der Waals surface area contributed by atoms with Gasteiger partial charge in [0.25, 0.3) is 0 Å². The third kappa shape index (κ3) is 3.26. The van der Waals surface area contributed by atoms with Crippen molar-refractivity contribution in [2.75, 3.05) is 6.61 Å². The Labute approximate surface area is 116 Å². The van der Waals surface area contributed by atoms with Crippen molar-refractivity contribution in [2.24, 2.45) is 5.73 Å². The zero-order chi connectivity index (χ0) is 13.8. The number of nitrogens with two attached hydrogens (primary N) is 1. The minimum absolute atomic E-state index is 0.0366. The molecule has 0 spiro atoms. The molecule has 3 N–H and O–H groups in total. The van der Waals surface area contributed by atoms with Gasteiger partial charge in [-0.15, -0.1) is 0 Å². The molecule has 0 radical (unpaired) electrons. The van der Waals surface area contributed by atoms with E-state index in [1.54, 1.807) is 24.4 Å². The molecule has 0 aliphatic rings. The first-order valence-corrected chi connectivity index (χ1v) is 6.20. The van der Waals surface area contributed by atoms with Crippen molar-refractivity contribution in [1.82, 2.24) is 9.55 Å². The minimum atomic E-state index is -0.0366. The van der Waals surface area contributed by atoms with Crippen LogP contribution in [0.4, 0.5) is 0 Å². The molecule has 0 saturated heterocycles. The maximum Gasteiger partial charge on any atom is 0.131 e. The summed E-state index contributed by atoms with van der Waals surface area (Å²) in [7, 11) is 0. The maximum absolute atomic E-state index is 7.50. The van der Waals surface area contributed by atoms with E-state index < -0.39 is 0 Å². The molecule has 0 saturated carbocycles. The van der Waals surface area contributed by atoms with Gasteiger partial charge in [0.05, 0.1) is 12.1 Å². The molecule has 1 heterocycles. The first-order valence-electron chi connectivity index (χ1n) is 5.82. The Balaban J connectivity index is 2.05. The van der Waals surface area contributed by atoms with Crippen LogP contribution in [-0.2, 0) is 6.54 Å². The van der Waals surface area contributed by atoms with E-state index >= 15 is 0 Å². The summed E-state index contributed by atoms with van der Waals surface area (Å²) in [6, 6.07) is 5.03. The molecule has 0 fully saturated rings. The molecular weight excluding hydrogens is 264 g/mol. The third-order valence-electron chi connectivity index (χ3n) is 2.75. The highest BCUT2D eigenvalue weighted by molar-refractivity contribution is 6.30. The van der Waals surface area contributed by atoms with Crippen molar-refractivity contribution in [1.29, 1.82) is 5.41 Å². The van der Waals surface area contributed by atoms with Crippen LogP contribution in [0.5, 0.6) is 5.75 Å². The van der Waals surface area contributed by atoms with Crippen LogP contribution < -0.4 is 10.5 Å². The predicted octanol–water partition coefficient (Wildman–Crippen LogP) is 2.21. The lowest BCUT2D eigenvalue weighted by atomic mass is 10.2. The van der Waals surface area contributed by atoms with E-state index in [0.29, 0.717) is 29.5 Å². The number of nitrogens with zero attached hydrogens (tertiary/aromatic N) is 2. The number of rotatable bonds is 5. The number of hydrogen-bond donors (Lipinski definition) is 2. The third-order valence-corrected chi connectivity index (χ3v) is 2.98. The van der Waals surface area contributed by atoms with Gasteiger partial charge in [-0.3, -0.25) is 5.41 Å². The fourth-order valence-corrected chi connectivity index (χ4v) is 1.89. The SMILES string of the molecule is Cc1nccn1CCOc1cc(Cl)ccc1C(=N)N. The van der Waals surface area contributed by atoms with E-state index in [-0.39, 0.29) is 5.84 Å². The summed E-state index contributed by atoms with van der Waals surface area (Å²) in [4.78, 5) is 4.13. The van der Waals surface area contributed by atoms with Crippen molar-refractivity contribution < 1.29 is 4.74 Å². The molecule has 6 heteroatoms. The van der Waals surface area contributed by atoms with Crippen molar-refractivity contribution in [2.45, 2.75) is 13.5 Å². The zero-order valence-electron chi connectivity index (χ0n) is 10.6. The summed E-state index contributed by atoms with van der Waals surface area (Å²) in [6.07, 6.45) is 3.64. The number of aromatic nitrogens is 2. The van der Waals surface area contributed by atoms with Crippen LogP contribution in [0.3, 0.4) is 0 Å². The van der Waals surface area contributed by atoms with Gasteiger partial charge < -0.3 is 15.0 Å². The summed E-state index contributed by atoms with van der Waals surface area (Å²) in [5.41, 5.74) is 6.05. The van der Waals surface area contributed by atoms with Crippen molar-refractivity contribution in [3.8, 4) is 5.75 Å². The minimum Gasteiger partial charge on any atom is -0.491 e. The van der Waals surface area contributed by atoms with Crippen molar-refractivity contribution in [3.63, 3.8) is 0 Å². The normalized spacial score (nSPS) is 10.4. The summed E-state index contributed by atoms with van der Waals surface area (Å²) >= 11 is 5.92. The zero-order valence-corrected chi connectivity index (χ0v) is 11.3. The standard InChI is InChI=1S/C13H15ClN4O/c1-9-17-4-5-18(9)6-7-19-12-8-10(14)2-3-11(12)13(15)16/h2-5,8H,6-7H2,1H3,(H3,15,16). The van der Waals surface area contributed by atoms with Gasteiger partial charge in [0.1, 0.15) is 24.0 Å². The molecule has 0 aliphatic heterocycles. The van der Waals surface area contributed by atoms with Crippen LogP contribution in [0.25, 0.3) is 0 Å². The molecule has 19 heavy (non-hydrogen) atoms. The molecule has 0 bridgehead atoms. The van der Waals surface area contributed by atoms with Gasteiger partial charge in [0.2, 0.25) is 0 Å². The highest BCUT2D eigenvalue weighted by Crippen LogP contribution is 2.23.